The largest absolute Gasteiger partial charge is 0.341 e. The number of amides is 2. The van der Waals surface area contributed by atoms with Gasteiger partial charge in [-0.05, 0) is 23.8 Å². The summed E-state index contributed by atoms with van der Waals surface area (Å²) in [5.74, 6) is -2.04. The molecule has 0 bridgehead atoms. The summed E-state index contributed by atoms with van der Waals surface area (Å²) >= 11 is 0. The van der Waals surface area contributed by atoms with Crippen LogP contribution in [0.4, 0.5) is 0 Å². The maximum Gasteiger partial charge on any atom is 0.313 e. The van der Waals surface area contributed by atoms with Crippen LogP contribution in [0.25, 0.3) is 16.7 Å². The van der Waals surface area contributed by atoms with E-state index in [2.05, 4.69) is 20.2 Å². The van der Waals surface area contributed by atoms with Crippen molar-refractivity contribution >= 4 is 28.5 Å². The van der Waals surface area contributed by atoms with Crippen molar-refractivity contribution in [1.29, 1.82) is 0 Å². The van der Waals surface area contributed by atoms with Gasteiger partial charge in [0, 0.05) is 24.2 Å². The molecule has 0 radical (unpaired) electrons. The number of hydrogen-bond acceptors (Lipinski definition) is 6. The maximum absolute atomic E-state index is 13.2. The monoisotopic (exact) mass is 443 g/mol. The van der Waals surface area contributed by atoms with Gasteiger partial charge < -0.3 is 5.32 Å². The van der Waals surface area contributed by atoms with Gasteiger partial charge in [0.2, 0.25) is 5.78 Å². The molecule has 2 heterocycles. The molecule has 9 nitrogen and oxygen atoms in total. The third kappa shape index (κ3) is 4.94. The molecule has 0 fully saturated rings. The number of nitrogens with one attached hydrogen (secondary N) is 2. The Hall–Kier alpha value is -4.37. The quantitative estimate of drug-likeness (QED) is 0.318. The first-order chi connectivity index (χ1) is 16.1. The minimum atomic E-state index is -1.11. The van der Waals surface area contributed by atoms with Crippen molar-refractivity contribution in [1.82, 2.24) is 25.6 Å². The van der Waals surface area contributed by atoms with Crippen molar-refractivity contribution in [2.45, 2.75) is 12.5 Å². The molecule has 0 aliphatic rings. The molecule has 2 aromatic heterocycles. The summed E-state index contributed by atoms with van der Waals surface area (Å²) in [6.45, 7) is 0. The van der Waals surface area contributed by atoms with Crippen molar-refractivity contribution in [2.24, 2.45) is 0 Å². The minimum Gasteiger partial charge on any atom is -0.341 e. The molecule has 0 spiro atoms. The van der Waals surface area contributed by atoms with E-state index in [1.807, 2.05) is 60.1 Å². The van der Waals surface area contributed by atoms with E-state index in [-0.39, 0.29) is 12.0 Å². The molecule has 1 atom stereocenters. The highest BCUT2D eigenvalue weighted by Gasteiger charge is 2.28. The van der Waals surface area contributed by atoms with Crippen LogP contribution in [0.15, 0.2) is 79.1 Å². The second kappa shape index (κ2) is 9.84. The number of ketones is 1. The number of hydroxylamine groups is 1. The lowest BCUT2D eigenvalue weighted by Gasteiger charge is -2.18. The lowest BCUT2D eigenvalue weighted by molar-refractivity contribution is -0.145. The fraction of sp³-hybridized carbons (Fsp3) is 0.125. The van der Waals surface area contributed by atoms with Gasteiger partial charge >= 0.3 is 5.91 Å². The van der Waals surface area contributed by atoms with Gasteiger partial charge in [0.15, 0.2) is 5.82 Å². The summed E-state index contributed by atoms with van der Waals surface area (Å²) in [7, 11) is 1.23. The van der Waals surface area contributed by atoms with Crippen LogP contribution in [-0.4, -0.2) is 45.5 Å². The molecule has 4 rings (SSSR count). The Balaban J connectivity index is 1.64. The summed E-state index contributed by atoms with van der Waals surface area (Å²) in [5, 5.41) is 8.06. The van der Waals surface area contributed by atoms with E-state index in [0.29, 0.717) is 5.82 Å². The summed E-state index contributed by atoms with van der Waals surface area (Å²) in [6.07, 6.45) is 3.45. The number of carbonyl (C=O) groups excluding carboxylic acids is 3. The molecule has 2 N–H and O–H groups in total. The Morgan fingerprint density at radius 1 is 1.00 bits per heavy atom. The van der Waals surface area contributed by atoms with Crippen LogP contribution in [0.2, 0.25) is 0 Å². The molecular weight excluding hydrogens is 422 g/mol. The predicted octanol–water partition coefficient (Wildman–Crippen LogP) is 2.01. The number of nitrogens with zero attached hydrogens (tertiary/aromatic N) is 3. The van der Waals surface area contributed by atoms with Crippen molar-refractivity contribution < 1.29 is 19.2 Å². The standard InChI is InChI=1S/C24H21N5O4/c1-33-28-24(32)21(30)20(14-16-8-3-2-4-9-16)26-23(31)18-11-7-13-25-22(18)29-15-17-10-5-6-12-19(17)27-29/h2-13,15,20H,14H2,1H3,(H,26,31)(H,28,32). The normalized spacial score (nSPS) is 11.7. The first kappa shape index (κ1) is 21.8. The van der Waals surface area contributed by atoms with Gasteiger partial charge in [0.25, 0.3) is 5.91 Å². The fourth-order valence-corrected chi connectivity index (χ4v) is 3.43. The highest BCUT2D eigenvalue weighted by Crippen LogP contribution is 2.17. The van der Waals surface area contributed by atoms with E-state index in [1.54, 1.807) is 24.5 Å². The molecular formula is C24H21N5O4. The second-order valence-electron chi connectivity index (χ2n) is 7.22. The van der Waals surface area contributed by atoms with Gasteiger partial charge in [0.1, 0.15) is 6.04 Å². The molecule has 0 saturated heterocycles. The van der Waals surface area contributed by atoms with Crippen molar-refractivity contribution in [3.05, 3.63) is 90.3 Å². The van der Waals surface area contributed by atoms with Crippen LogP contribution in [0.1, 0.15) is 15.9 Å². The molecule has 0 saturated carbocycles. The number of Topliss-reactive ketones (excluding diaryl/α,β-unsaturated/α-hetero) is 1. The molecule has 0 aliphatic carbocycles. The number of hydrogen-bond donors (Lipinski definition) is 2. The molecule has 166 valence electrons. The molecule has 4 aromatic rings. The van der Waals surface area contributed by atoms with Gasteiger partial charge in [-0.2, -0.15) is 5.10 Å². The zero-order chi connectivity index (χ0) is 23.2. The van der Waals surface area contributed by atoms with Crippen LogP contribution < -0.4 is 10.8 Å². The van der Waals surface area contributed by atoms with E-state index in [4.69, 9.17) is 0 Å². The van der Waals surface area contributed by atoms with Gasteiger partial charge in [0.05, 0.1) is 18.2 Å². The lowest BCUT2D eigenvalue weighted by atomic mass is 10.0. The van der Waals surface area contributed by atoms with Crippen molar-refractivity contribution in [2.75, 3.05) is 7.11 Å². The summed E-state index contributed by atoms with van der Waals surface area (Å²) in [4.78, 5) is 47.0. The number of carbonyl (C=O) groups is 3. The Kier molecular flexibility index (Phi) is 6.51. The van der Waals surface area contributed by atoms with Gasteiger partial charge in [-0.25, -0.2) is 15.1 Å². The summed E-state index contributed by atoms with van der Waals surface area (Å²) < 4.78 is 1.52. The van der Waals surface area contributed by atoms with E-state index in [9.17, 15) is 14.4 Å². The van der Waals surface area contributed by atoms with Crippen LogP contribution >= 0.6 is 0 Å². The van der Waals surface area contributed by atoms with Gasteiger partial charge in [-0.1, -0.05) is 48.5 Å². The molecule has 2 amide bonds. The molecule has 0 aliphatic heterocycles. The Labute approximate surface area is 189 Å². The number of aromatic nitrogens is 3. The first-order valence-electron chi connectivity index (χ1n) is 10.2. The number of benzene rings is 2. The predicted molar refractivity (Wildman–Crippen MR) is 120 cm³/mol. The third-order valence-electron chi connectivity index (χ3n) is 4.98. The smallest absolute Gasteiger partial charge is 0.313 e. The zero-order valence-electron chi connectivity index (χ0n) is 17.8. The van der Waals surface area contributed by atoms with Crippen LogP contribution in [0, 0.1) is 0 Å². The number of rotatable bonds is 8. The number of pyridine rings is 1. The minimum absolute atomic E-state index is 0.129. The summed E-state index contributed by atoms with van der Waals surface area (Å²) in [5.41, 5.74) is 3.76. The van der Waals surface area contributed by atoms with Gasteiger partial charge in [-0.15, -0.1) is 0 Å². The van der Waals surface area contributed by atoms with Gasteiger partial charge in [-0.3, -0.25) is 19.2 Å². The fourth-order valence-electron chi connectivity index (χ4n) is 3.43. The highest BCUT2D eigenvalue weighted by molar-refractivity contribution is 6.38. The molecule has 2 aromatic carbocycles. The van der Waals surface area contributed by atoms with Crippen LogP contribution in [0.3, 0.4) is 0 Å². The first-order valence-corrected chi connectivity index (χ1v) is 10.2. The maximum atomic E-state index is 13.2. The van der Waals surface area contributed by atoms with E-state index in [1.165, 1.54) is 11.8 Å². The highest BCUT2D eigenvalue weighted by atomic mass is 16.6. The number of fused-ring (bicyclic) bond motifs is 1. The Morgan fingerprint density at radius 3 is 2.52 bits per heavy atom. The molecule has 9 heteroatoms. The second-order valence-corrected chi connectivity index (χ2v) is 7.22. The zero-order valence-corrected chi connectivity index (χ0v) is 17.8. The van der Waals surface area contributed by atoms with E-state index in [0.717, 1.165) is 16.5 Å². The Morgan fingerprint density at radius 2 is 1.76 bits per heavy atom. The van der Waals surface area contributed by atoms with Crippen molar-refractivity contribution in [3.8, 4) is 5.82 Å². The van der Waals surface area contributed by atoms with Crippen LogP contribution in [-0.2, 0) is 20.8 Å². The van der Waals surface area contributed by atoms with Crippen LogP contribution in [0.5, 0.6) is 0 Å². The molecule has 1 unspecified atom stereocenters. The topological polar surface area (TPSA) is 115 Å². The Bertz CT molecular complexity index is 1270. The van der Waals surface area contributed by atoms with Crippen molar-refractivity contribution in [3.63, 3.8) is 0 Å². The SMILES string of the molecule is CONC(=O)C(=O)C(Cc1ccccc1)NC(=O)c1cccnc1-n1cc2ccccc2n1. The lowest BCUT2D eigenvalue weighted by Crippen LogP contribution is -2.48. The van der Waals surface area contributed by atoms with E-state index >= 15 is 0 Å². The van der Waals surface area contributed by atoms with E-state index < -0.39 is 23.6 Å². The molecule has 33 heavy (non-hydrogen) atoms. The third-order valence-corrected chi connectivity index (χ3v) is 4.98. The average molecular weight is 443 g/mol. The summed E-state index contributed by atoms with van der Waals surface area (Å²) in [6, 6.07) is 18.7. The average Bonchev–Trinajstić information content (AvgIpc) is 3.28.